The van der Waals surface area contributed by atoms with E-state index in [1.165, 1.54) is 19.3 Å². The number of hydrogen-bond donors (Lipinski definition) is 1. The van der Waals surface area contributed by atoms with E-state index in [1.54, 1.807) is 6.26 Å². The Bertz CT molecular complexity index is 658. The van der Waals surface area contributed by atoms with Gasteiger partial charge in [0.05, 0.1) is 17.7 Å². The van der Waals surface area contributed by atoms with Crippen LogP contribution >= 0.6 is 0 Å². The molecule has 4 heteroatoms. The Morgan fingerprint density at radius 2 is 1.84 bits per heavy atom. The number of carbonyl (C=O) groups excluding carboxylic acids is 1. The molecule has 2 aromatic rings. The Hall–Kier alpha value is -2.07. The van der Waals surface area contributed by atoms with E-state index in [9.17, 15) is 4.79 Å². The summed E-state index contributed by atoms with van der Waals surface area (Å²) in [5, 5.41) is 3.17. The highest BCUT2D eigenvalue weighted by Crippen LogP contribution is 2.26. The van der Waals surface area contributed by atoms with Gasteiger partial charge in [0.15, 0.2) is 0 Å². The second-order valence-corrected chi connectivity index (χ2v) is 7.33. The lowest BCUT2D eigenvalue weighted by atomic mass is 9.83. The van der Waals surface area contributed by atoms with Gasteiger partial charge in [-0.25, -0.2) is 0 Å². The van der Waals surface area contributed by atoms with E-state index in [4.69, 9.17) is 4.42 Å². The fourth-order valence-corrected chi connectivity index (χ4v) is 3.52. The first-order valence-corrected chi connectivity index (χ1v) is 9.20. The van der Waals surface area contributed by atoms with Gasteiger partial charge in [0.1, 0.15) is 5.76 Å². The molecule has 0 radical (unpaired) electrons. The van der Waals surface area contributed by atoms with Crippen molar-refractivity contribution in [1.29, 1.82) is 0 Å². The fourth-order valence-electron chi connectivity index (χ4n) is 3.52. The maximum absolute atomic E-state index is 12.9. The number of benzene rings is 1. The molecule has 1 saturated heterocycles. The van der Waals surface area contributed by atoms with E-state index in [0.717, 1.165) is 24.4 Å². The predicted molar refractivity (Wildman–Crippen MR) is 99.4 cm³/mol. The summed E-state index contributed by atoms with van der Waals surface area (Å²) in [5.74, 6) is 0.979. The van der Waals surface area contributed by atoms with Gasteiger partial charge in [-0.1, -0.05) is 36.8 Å². The van der Waals surface area contributed by atoms with Crippen molar-refractivity contribution in [3.05, 3.63) is 60.1 Å². The quantitative estimate of drug-likeness (QED) is 0.867. The van der Waals surface area contributed by atoms with Crippen LogP contribution in [0.25, 0.3) is 0 Å². The van der Waals surface area contributed by atoms with Gasteiger partial charge in [0.2, 0.25) is 5.91 Å². The third kappa shape index (κ3) is 4.13. The minimum absolute atomic E-state index is 0.0484. The standard InChI is InChI=1S/C21H28N2O2/c1-21(2,17-10-5-3-6-11-17)20(24)22-16-18(19-12-9-15-25-19)23-13-7-4-8-14-23/h3,5-6,9-12,15,18H,4,7-8,13-14,16H2,1-2H3,(H,22,24)/t18-/m0/s1. The Balaban J connectivity index is 1.69. The Kier molecular flexibility index (Phi) is 5.59. The predicted octanol–water partition coefficient (Wildman–Crippen LogP) is 3.90. The van der Waals surface area contributed by atoms with Crippen molar-refractivity contribution in [3.8, 4) is 0 Å². The Labute approximate surface area is 150 Å². The highest BCUT2D eigenvalue weighted by Gasteiger charge is 2.31. The smallest absolute Gasteiger partial charge is 0.230 e. The summed E-state index contributed by atoms with van der Waals surface area (Å²) in [7, 11) is 0. The van der Waals surface area contributed by atoms with Crippen LogP contribution in [-0.2, 0) is 10.2 Å². The minimum atomic E-state index is -0.559. The van der Waals surface area contributed by atoms with E-state index in [-0.39, 0.29) is 11.9 Å². The molecule has 1 aromatic heterocycles. The summed E-state index contributed by atoms with van der Waals surface area (Å²) in [6.07, 6.45) is 5.41. The van der Waals surface area contributed by atoms with Crippen molar-refractivity contribution in [1.82, 2.24) is 10.2 Å². The number of carbonyl (C=O) groups is 1. The van der Waals surface area contributed by atoms with Crippen molar-refractivity contribution in [2.75, 3.05) is 19.6 Å². The molecule has 1 fully saturated rings. The van der Waals surface area contributed by atoms with Gasteiger partial charge >= 0.3 is 0 Å². The molecule has 4 nitrogen and oxygen atoms in total. The van der Waals surface area contributed by atoms with Gasteiger partial charge < -0.3 is 9.73 Å². The highest BCUT2D eigenvalue weighted by molar-refractivity contribution is 5.87. The zero-order chi connectivity index (χ0) is 17.7. The van der Waals surface area contributed by atoms with Gasteiger partial charge in [0.25, 0.3) is 0 Å². The lowest BCUT2D eigenvalue weighted by molar-refractivity contribution is -0.126. The van der Waals surface area contributed by atoms with Crippen LogP contribution in [0, 0.1) is 0 Å². The molecule has 0 aliphatic carbocycles. The van der Waals surface area contributed by atoms with Crippen LogP contribution in [0.5, 0.6) is 0 Å². The number of nitrogens with zero attached hydrogens (tertiary/aromatic N) is 1. The van der Waals surface area contributed by atoms with Crippen LogP contribution in [0.2, 0.25) is 0 Å². The van der Waals surface area contributed by atoms with Crippen molar-refractivity contribution in [3.63, 3.8) is 0 Å². The largest absolute Gasteiger partial charge is 0.468 e. The first kappa shape index (κ1) is 17.7. The summed E-state index contributed by atoms with van der Waals surface area (Å²) >= 11 is 0. The topological polar surface area (TPSA) is 45.5 Å². The molecule has 2 heterocycles. The van der Waals surface area contributed by atoms with Crippen molar-refractivity contribution in [2.45, 2.75) is 44.6 Å². The molecule has 0 bridgehead atoms. The number of amides is 1. The van der Waals surface area contributed by atoms with Crippen molar-refractivity contribution < 1.29 is 9.21 Å². The van der Waals surface area contributed by atoms with E-state index in [0.29, 0.717) is 6.54 Å². The lowest BCUT2D eigenvalue weighted by Gasteiger charge is -2.34. The molecule has 1 aliphatic heterocycles. The number of piperidine rings is 1. The van der Waals surface area contributed by atoms with Crippen LogP contribution in [0.15, 0.2) is 53.1 Å². The zero-order valence-corrected chi connectivity index (χ0v) is 15.2. The average molecular weight is 340 g/mol. The van der Waals surface area contributed by atoms with E-state index in [1.807, 2.05) is 56.3 Å². The molecule has 134 valence electrons. The van der Waals surface area contributed by atoms with E-state index < -0.39 is 5.41 Å². The number of furan rings is 1. The van der Waals surface area contributed by atoms with E-state index >= 15 is 0 Å². The molecule has 1 N–H and O–H groups in total. The Morgan fingerprint density at radius 3 is 2.48 bits per heavy atom. The maximum Gasteiger partial charge on any atom is 0.230 e. The van der Waals surface area contributed by atoms with Gasteiger partial charge in [-0.3, -0.25) is 9.69 Å². The van der Waals surface area contributed by atoms with Crippen molar-refractivity contribution in [2.24, 2.45) is 0 Å². The van der Waals surface area contributed by atoms with Crippen LogP contribution in [0.3, 0.4) is 0 Å². The second-order valence-electron chi connectivity index (χ2n) is 7.33. The van der Waals surface area contributed by atoms with Crippen molar-refractivity contribution >= 4 is 5.91 Å². The average Bonchev–Trinajstić information content (AvgIpc) is 3.18. The number of nitrogens with one attached hydrogen (secondary N) is 1. The van der Waals surface area contributed by atoms with E-state index in [2.05, 4.69) is 10.2 Å². The molecule has 1 atom stereocenters. The maximum atomic E-state index is 12.9. The van der Waals surface area contributed by atoms with Crippen LogP contribution in [-0.4, -0.2) is 30.4 Å². The third-order valence-corrected chi connectivity index (χ3v) is 5.22. The summed E-state index contributed by atoms with van der Waals surface area (Å²) in [6.45, 7) is 6.64. The van der Waals surface area contributed by atoms with Gasteiger partial charge in [-0.05, 0) is 57.5 Å². The monoisotopic (exact) mass is 340 g/mol. The SMILES string of the molecule is CC(C)(C(=O)NC[C@@H](c1ccco1)N1CCCCC1)c1ccccc1. The summed E-state index contributed by atoms with van der Waals surface area (Å²) in [6, 6.07) is 14.0. The molecule has 1 amide bonds. The van der Waals surface area contributed by atoms with Crippen LogP contribution < -0.4 is 5.32 Å². The molecule has 3 rings (SSSR count). The molecule has 1 aliphatic rings. The number of likely N-dealkylation sites (tertiary alicyclic amines) is 1. The first-order chi connectivity index (χ1) is 12.1. The molecule has 1 aromatic carbocycles. The summed E-state index contributed by atoms with van der Waals surface area (Å²) in [5.41, 5.74) is 0.469. The van der Waals surface area contributed by atoms with Crippen LogP contribution in [0.4, 0.5) is 0 Å². The highest BCUT2D eigenvalue weighted by atomic mass is 16.3. The number of rotatable bonds is 6. The molecule has 0 saturated carbocycles. The summed E-state index contributed by atoms with van der Waals surface area (Å²) < 4.78 is 5.66. The van der Waals surface area contributed by atoms with Gasteiger partial charge in [0, 0.05) is 6.54 Å². The first-order valence-electron chi connectivity index (χ1n) is 9.20. The molecular formula is C21H28N2O2. The van der Waals surface area contributed by atoms with Crippen LogP contribution in [0.1, 0.15) is 50.5 Å². The van der Waals surface area contributed by atoms with Gasteiger partial charge in [-0.2, -0.15) is 0 Å². The normalized spacial score (nSPS) is 17.2. The molecule has 0 unspecified atom stereocenters. The zero-order valence-electron chi connectivity index (χ0n) is 15.2. The second kappa shape index (κ2) is 7.87. The Morgan fingerprint density at radius 1 is 1.12 bits per heavy atom. The molecule has 0 spiro atoms. The third-order valence-electron chi connectivity index (χ3n) is 5.22. The fraction of sp³-hybridized carbons (Fsp3) is 0.476. The molecule has 25 heavy (non-hydrogen) atoms. The summed E-state index contributed by atoms with van der Waals surface area (Å²) in [4.78, 5) is 15.3. The number of hydrogen-bond acceptors (Lipinski definition) is 3. The van der Waals surface area contributed by atoms with Gasteiger partial charge in [-0.15, -0.1) is 0 Å². The lowest BCUT2D eigenvalue weighted by Crippen LogP contribution is -2.45. The molecular weight excluding hydrogens is 312 g/mol. The minimum Gasteiger partial charge on any atom is -0.468 e.